The first-order valence-electron chi connectivity index (χ1n) is 4.56. The third kappa shape index (κ3) is 7.70. The fraction of sp³-hybridized carbons (Fsp3) is 0.875. The smallest absolute Gasteiger partial charge is 0.245 e. The van der Waals surface area contributed by atoms with Crippen LogP contribution in [0, 0.1) is 0 Å². The Bertz CT molecular complexity index is 137. The molecule has 0 rings (SSSR count). The summed E-state index contributed by atoms with van der Waals surface area (Å²) in [6.07, 6.45) is 0. The maximum atomic E-state index is 10.3. The number of nitrogens with one attached hydrogen (secondary N) is 1. The average Bonchev–Trinajstić information content (AvgIpc) is 2.11. The van der Waals surface area contributed by atoms with E-state index in [2.05, 4.69) is 24.2 Å². The van der Waals surface area contributed by atoms with Gasteiger partial charge in [0.25, 0.3) is 0 Å². The lowest BCUT2D eigenvalue weighted by atomic mass is 10.5. The highest BCUT2D eigenvalue weighted by Crippen LogP contribution is 1.83. The van der Waals surface area contributed by atoms with Crippen molar-refractivity contribution in [1.82, 2.24) is 10.4 Å². The molecule has 0 spiro atoms. The molecule has 0 fully saturated rings. The fourth-order valence-electron chi connectivity index (χ4n) is 0.938. The Morgan fingerprint density at radius 1 is 1.46 bits per heavy atom. The number of likely N-dealkylation sites (N-methyl/N-ethyl adjacent to an activating group) is 1. The van der Waals surface area contributed by atoms with Crippen LogP contribution >= 0.6 is 0 Å². The average molecular weight is 189 g/mol. The zero-order valence-corrected chi connectivity index (χ0v) is 8.38. The van der Waals surface area contributed by atoms with Gasteiger partial charge in [0, 0.05) is 13.1 Å². The number of primary amides is 1. The van der Waals surface area contributed by atoms with Crippen molar-refractivity contribution in [3.63, 3.8) is 0 Å². The van der Waals surface area contributed by atoms with E-state index in [1.807, 2.05) is 0 Å². The molecule has 3 N–H and O–H groups in total. The van der Waals surface area contributed by atoms with Crippen molar-refractivity contribution in [3.8, 4) is 0 Å². The summed E-state index contributed by atoms with van der Waals surface area (Å²) in [6, 6.07) is 0. The molecule has 0 aromatic heterocycles. The van der Waals surface area contributed by atoms with Crippen LogP contribution in [0.5, 0.6) is 0 Å². The van der Waals surface area contributed by atoms with Crippen LogP contribution in [0.15, 0.2) is 0 Å². The van der Waals surface area contributed by atoms with Gasteiger partial charge < -0.3 is 10.6 Å². The predicted molar refractivity (Wildman–Crippen MR) is 50.9 cm³/mol. The number of rotatable bonds is 8. The highest BCUT2D eigenvalue weighted by Gasteiger charge is 1.98. The summed E-state index contributed by atoms with van der Waals surface area (Å²) in [5, 5.41) is 0. The molecule has 0 aliphatic heterocycles. The minimum absolute atomic E-state index is 0.0712. The molecule has 0 bridgehead atoms. The molecule has 0 saturated carbocycles. The molecular formula is C8H19N3O2. The minimum Gasteiger partial charge on any atom is -0.368 e. The Hall–Kier alpha value is -0.650. The number of hydrogen-bond donors (Lipinski definition) is 2. The predicted octanol–water partition coefficient (Wildman–Crippen LogP) is -0.665. The van der Waals surface area contributed by atoms with Gasteiger partial charge in [-0.05, 0) is 13.1 Å². The Balaban J connectivity index is 3.19. The Kier molecular flexibility index (Phi) is 7.57. The highest BCUT2D eigenvalue weighted by molar-refractivity contribution is 5.74. The molecule has 5 heteroatoms. The van der Waals surface area contributed by atoms with E-state index in [1.165, 1.54) is 0 Å². The van der Waals surface area contributed by atoms with E-state index in [4.69, 9.17) is 10.6 Å². The van der Waals surface area contributed by atoms with Gasteiger partial charge in [0.1, 0.15) is 6.61 Å². The molecule has 0 unspecified atom stereocenters. The van der Waals surface area contributed by atoms with Crippen LogP contribution in [0.1, 0.15) is 13.8 Å². The molecule has 1 amide bonds. The van der Waals surface area contributed by atoms with Gasteiger partial charge >= 0.3 is 0 Å². The quantitative estimate of drug-likeness (QED) is 0.393. The molecule has 0 aliphatic carbocycles. The van der Waals surface area contributed by atoms with Gasteiger partial charge in [0.05, 0.1) is 0 Å². The Morgan fingerprint density at radius 2 is 2.08 bits per heavy atom. The van der Waals surface area contributed by atoms with Crippen molar-refractivity contribution >= 4 is 5.91 Å². The van der Waals surface area contributed by atoms with Crippen LogP contribution in [0.25, 0.3) is 0 Å². The van der Waals surface area contributed by atoms with Gasteiger partial charge in [-0.1, -0.05) is 13.8 Å². The van der Waals surface area contributed by atoms with E-state index in [-0.39, 0.29) is 6.61 Å². The number of nitrogens with zero attached hydrogens (tertiary/aromatic N) is 1. The molecule has 13 heavy (non-hydrogen) atoms. The number of hydrogen-bond acceptors (Lipinski definition) is 4. The second-order valence-corrected chi connectivity index (χ2v) is 2.68. The van der Waals surface area contributed by atoms with Crippen LogP contribution in [-0.4, -0.2) is 43.6 Å². The first-order chi connectivity index (χ1) is 6.20. The van der Waals surface area contributed by atoms with E-state index in [0.29, 0.717) is 6.54 Å². The standard InChI is InChI=1S/C8H19N3O2/c1-3-11(4-2)6-5-10-13-7-8(9)12/h10H,3-7H2,1-2H3,(H2,9,12). The van der Waals surface area contributed by atoms with Crippen LogP contribution in [0.3, 0.4) is 0 Å². The van der Waals surface area contributed by atoms with Crippen molar-refractivity contribution in [2.45, 2.75) is 13.8 Å². The first kappa shape index (κ1) is 12.3. The Labute approximate surface area is 79.2 Å². The monoisotopic (exact) mass is 189 g/mol. The lowest BCUT2D eigenvalue weighted by Crippen LogP contribution is -2.33. The van der Waals surface area contributed by atoms with Crippen LogP contribution in [0.2, 0.25) is 0 Å². The molecule has 0 aromatic rings. The fourth-order valence-corrected chi connectivity index (χ4v) is 0.938. The molecule has 0 saturated heterocycles. The maximum absolute atomic E-state index is 10.3. The van der Waals surface area contributed by atoms with E-state index in [0.717, 1.165) is 19.6 Å². The summed E-state index contributed by atoms with van der Waals surface area (Å²) in [7, 11) is 0. The topological polar surface area (TPSA) is 67.6 Å². The van der Waals surface area contributed by atoms with Gasteiger partial charge in [0.2, 0.25) is 5.91 Å². The molecular weight excluding hydrogens is 170 g/mol. The highest BCUT2D eigenvalue weighted by atomic mass is 16.6. The number of amides is 1. The molecule has 78 valence electrons. The minimum atomic E-state index is -0.463. The second-order valence-electron chi connectivity index (χ2n) is 2.68. The first-order valence-corrected chi connectivity index (χ1v) is 4.56. The van der Waals surface area contributed by atoms with Gasteiger partial charge in [-0.2, -0.15) is 0 Å². The normalized spacial score (nSPS) is 10.7. The third-order valence-corrected chi connectivity index (χ3v) is 1.74. The number of carbonyl (C=O) groups is 1. The number of hydroxylamine groups is 1. The molecule has 5 nitrogen and oxygen atoms in total. The van der Waals surface area contributed by atoms with Crippen LogP contribution in [-0.2, 0) is 9.63 Å². The molecule has 0 radical (unpaired) electrons. The lowest BCUT2D eigenvalue weighted by Gasteiger charge is -2.17. The summed E-state index contributed by atoms with van der Waals surface area (Å²) in [4.78, 5) is 17.3. The summed E-state index contributed by atoms with van der Waals surface area (Å²) in [5.74, 6) is -0.463. The zero-order valence-electron chi connectivity index (χ0n) is 8.38. The van der Waals surface area contributed by atoms with Crippen molar-refractivity contribution in [1.29, 1.82) is 0 Å². The van der Waals surface area contributed by atoms with E-state index < -0.39 is 5.91 Å². The molecule has 0 heterocycles. The van der Waals surface area contributed by atoms with Gasteiger partial charge in [-0.25, -0.2) is 5.48 Å². The Morgan fingerprint density at radius 3 is 2.54 bits per heavy atom. The van der Waals surface area contributed by atoms with Crippen LogP contribution < -0.4 is 11.2 Å². The van der Waals surface area contributed by atoms with E-state index in [9.17, 15) is 4.79 Å². The van der Waals surface area contributed by atoms with Crippen LogP contribution in [0.4, 0.5) is 0 Å². The van der Waals surface area contributed by atoms with Crippen molar-refractivity contribution in [2.24, 2.45) is 5.73 Å². The maximum Gasteiger partial charge on any atom is 0.245 e. The van der Waals surface area contributed by atoms with Gasteiger partial charge in [-0.15, -0.1) is 0 Å². The number of carbonyl (C=O) groups excluding carboxylic acids is 1. The zero-order chi connectivity index (χ0) is 10.1. The molecule has 0 atom stereocenters. The summed E-state index contributed by atoms with van der Waals surface area (Å²) < 4.78 is 0. The largest absolute Gasteiger partial charge is 0.368 e. The summed E-state index contributed by atoms with van der Waals surface area (Å²) in [5.41, 5.74) is 7.55. The molecule has 0 aliphatic rings. The SMILES string of the molecule is CCN(CC)CCNOCC(N)=O. The van der Waals surface area contributed by atoms with E-state index >= 15 is 0 Å². The third-order valence-electron chi connectivity index (χ3n) is 1.74. The summed E-state index contributed by atoms with van der Waals surface area (Å²) in [6.45, 7) is 7.79. The van der Waals surface area contributed by atoms with Gasteiger partial charge in [-0.3, -0.25) is 9.63 Å². The molecule has 0 aromatic carbocycles. The van der Waals surface area contributed by atoms with Gasteiger partial charge in [0.15, 0.2) is 0 Å². The van der Waals surface area contributed by atoms with Crippen molar-refractivity contribution in [2.75, 3.05) is 32.8 Å². The van der Waals surface area contributed by atoms with E-state index in [1.54, 1.807) is 0 Å². The number of nitrogens with two attached hydrogens (primary N) is 1. The second kappa shape index (κ2) is 7.97. The summed E-state index contributed by atoms with van der Waals surface area (Å²) >= 11 is 0. The van der Waals surface area contributed by atoms with Crippen molar-refractivity contribution < 1.29 is 9.63 Å². The lowest BCUT2D eigenvalue weighted by molar-refractivity contribution is -0.125. The van der Waals surface area contributed by atoms with Crippen molar-refractivity contribution in [3.05, 3.63) is 0 Å².